The number of rotatable bonds is 25. The Bertz CT molecular complexity index is 2570. The van der Waals surface area contributed by atoms with Gasteiger partial charge in [-0.25, -0.2) is 9.18 Å². The number of hydrogen-bond acceptors (Lipinski definition) is 11. The second kappa shape index (κ2) is 26.9. The molecule has 2 fully saturated rings. The topological polar surface area (TPSA) is 253 Å². The molecule has 69 heavy (non-hydrogen) atoms. The van der Waals surface area contributed by atoms with Gasteiger partial charge >= 0.3 is 6.03 Å². The minimum atomic E-state index is -0.856. The molecule has 1 aromatic heterocycles. The molecule has 0 radical (unpaired) electrons. The lowest BCUT2D eigenvalue weighted by Gasteiger charge is -2.19. The Balaban J connectivity index is 0.866. The number of hydrazine groups is 1. The fraction of sp³-hybridized carbons (Fsp3) is 0.400. The maximum atomic E-state index is 14.2. The highest BCUT2D eigenvalue weighted by Crippen LogP contribution is 2.33. The Morgan fingerprint density at radius 3 is 2.55 bits per heavy atom. The molecule has 0 saturated carbocycles. The van der Waals surface area contributed by atoms with Crippen LogP contribution in [-0.4, -0.2) is 99.1 Å². The SMILES string of the molecule is [N-]=[N+]=Nc1ccc(C(=O)NC(CCCCNC(=O)CCCCC2SC[C@@H]3NC(=O)N[C@H]23)C(=O)NCCSSCCC(=O)NNC(=O)C=Cc2nn(Cc3ccc(Cl)cc3Cl)c3cc(F)ccc23)cc1. The second-order valence-electron chi connectivity index (χ2n) is 16.0. The zero-order chi connectivity index (χ0) is 49.1. The monoisotopic (exact) mass is 1040 g/mol. The van der Waals surface area contributed by atoms with Gasteiger partial charge in [0.15, 0.2) is 0 Å². The first-order valence-electron chi connectivity index (χ1n) is 22.2. The lowest BCUT2D eigenvalue weighted by molar-refractivity contribution is -0.126. The van der Waals surface area contributed by atoms with Gasteiger partial charge in [-0.15, -0.1) is 0 Å². The Morgan fingerprint density at radius 2 is 1.75 bits per heavy atom. The summed E-state index contributed by atoms with van der Waals surface area (Å²) < 4.78 is 15.8. The number of nitrogens with one attached hydrogen (secondary N) is 7. The fourth-order valence-corrected chi connectivity index (χ4v) is 11.4. The van der Waals surface area contributed by atoms with E-state index in [1.807, 2.05) is 11.8 Å². The molecule has 4 atom stereocenters. The highest BCUT2D eigenvalue weighted by atomic mass is 35.5. The molecule has 7 amide bonds. The highest BCUT2D eigenvalue weighted by Gasteiger charge is 2.42. The summed E-state index contributed by atoms with van der Waals surface area (Å²) >= 11 is 14.2. The van der Waals surface area contributed by atoms with Crippen LogP contribution in [0.4, 0.5) is 14.9 Å². The van der Waals surface area contributed by atoms with Crippen LogP contribution in [0.25, 0.3) is 27.4 Å². The molecule has 24 heteroatoms. The molecule has 4 aromatic rings. The molecule has 2 saturated heterocycles. The van der Waals surface area contributed by atoms with E-state index in [0.29, 0.717) is 81.3 Å². The molecule has 2 aliphatic heterocycles. The summed E-state index contributed by atoms with van der Waals surface area (Å²) in [5.41, 5.74) is 15.7. The third-order valence-corrected chi connectivity index (χ3v) is 15.5. The predicted molar refractivity (Wildman–Crippen MR) is 270 cm³/mol. The van der Waals surface area contributed by atoms with Gasteiger partial charge < -0.3 is 26.6 Å². The van der Waals surface area contributed by atoms with Crippen molar-refractivity contribution in [1.29, 1.82) is 0 Å². The summed E-state index contributed by atoms with van der Waals surface area (Å²) in [6.45, 7) is 0.946. The number of carbonyl (C=O) groups is 6. The van der Waals surface area contributed by atoms with Gasteiger partial charge in [-0.2, -0.15) is 16.9 Å². The summed E-state index contributed by atoms with van der Waals surface area (Å²) in [7, 11) is 2.86. The first kappa shape index (κ1) is 52.7. The molecule has 3 aromatic carbocycles. The Morgan fingerprint density at radius 1 is 0.942 bits per heavy atom. The van der Waals surface area contributed by atoms with Gasteiger partial charge in [0.25, 0.3) is 11.8 Å². The summed E-state index contributed by atoms with van der Waals surface area (Å²) in [5, 5.41) is 24.5. The van der Waals surface area contributed by atoms with E-state index in [9.17, 15) is 33.2 Å². The minimum absolute atomic E-state index is 0.0458. The Labute approximate surface area is 419 Å². The van der Waals surface area contributed by atoms with Gasteiger partial charge in [0.1, 0.15) is 11.9 Å². The van der Waals surface area contributed by atoms with Crippen molar-refractivity contribution in [3.63, 3.8) is 0 Å². The average molecular weight is 1040 g/mol. The van der Waals surface area contributed by atoms with Gasteiger partial charge in [-0.1, -0.05) is 74.5 Å². The third kappa shape index (κ3) is 16.5. The smallest absolute Gasteiger partial charge is 0.315 e. The number of halogens is 3. The van der Waals surface area contributed by atoms with Crippen molar-refractivity contribution in [2.24, 2.45) is 5.11 Å². The molecule has 18 nitrogen and oxygen atoms in total. The van der Waals surface area contributed by atoms with Crippen LogP contribution in [0.3, 0.4) is 0 Å². The number of aromatic nitrogens is 2. The average Bonchev–Trinajstić information content (AvgIpc) is 4.00. The van der Waals surface area contributed by atoms with Crippen molar-refractivity contribution < 1.29 is 33.2 Å². The second-order valence-corrected chi connectivity index (χ2v) is 20.8. The van der Waals surface area contributed by atoms with Crippen LogP contribution in [0.2, 0.25) is 10.0 Å². The zero-order valence-electron chi connectivity index (χ0n) is 37.2. The van der Waals surface area contributed by atoms with Crippen LogP contribution in [0.15, 0.2) is 71.9 Å². The van der Waals surface area contributed by atoms with Crippen LogP contribution in [0.5, 0.6) is 0 Å². The van der Waals surface area contributed by atoms with E-state index in [2.05, 4.69) is 52.6 Å². The van der Waals surface area contributed by atoms with E-state index < -0.39 is 29.6 Å². The minimum Gasteiger partial charge on any atom is -0.356 e. The van der Waals surface area contributed by atoms with Gasteiger partial charge in [-0.05, 0) is 91.7 Å². The summed E-state index contributed by atoms with van der Waals surface area (Å²) in [6.07, 6.45) is 7.19. The van der Waals surface area contributed by atoms with Crippen LogP contribution in [0.1, 0.15) is 73.0 Å². The van der Waals surface area contributed by atoms with Crippen molar-refractivity contribution in [1.82, 2.24) is 47.2 Å². The Kier molecular flexibility index (Phi) is 20.6. The summed E-state index contributed by atoms with van der Waals surface area (Å²) in [6, 6.07) is 14.6. The lowest BCUT2D eigenvalue weighted by Crippen LogP contribution is -2.47. The maximum Gasteiger partial charge on any atom is 0.315 e. The van der Waals surface area contributed by atoms with E-state index in [0.717, 1.165) is 30.6 Å². The molecule has 3 heterocycles. The van der Waals surface area contributed by atoms with E-state index in [1.54, 1.807) is 28.9 Å². The molecule has 0 aliphatic carbocycles. The number of benzene rings is 3. The van der Waals surface area contributed by atoms with Crippen molar-refractivity contribution in [2.45, 2.75) is 81.3 Å². The quantitative estimate of drug-likeness (QED) is 0.00509. The number of thioether (sulfide) groups is 1. The number of azide groups is 1. The van der Waals surface area contributed by atoms with E-state index in [-0.39, 0.29) is 55.0 Å². The van der Waals surface area contributed by atoms with E-state index >= 15 is 0 Å². The van der Waals surface area contributed by atoms with E-state index in [1.165, 1.54) is 70.1 Å². The number of carbonyl (C=O) groups excluding carboxylic acids is 6. The van der Waals surface area contributed by atoms with Crippen LogP contribution >= 0.6 is 56.6 Å². The number of nitrogens with zero attached hydrogens (tertiary/aromatic N) is 5. The third-order valence-electron chi connectivity index (χ3n) is 11.0. The van der Waals surface area contributed by atoms with Crippen molar-refractivity contribution >= 4 is 115 Å². The Hall–Kier alpha value is -5.64. The van der Waals surface area contributed by atoms with Crippen molar-refractivity contribution in [2.75, 3.05) is 30.3 Å². The number of urea groups is 1. The summed E-state index contributed by atoms with van der Waals surface area (Å²) in [4.78, 5) is 78.3. The zero-order valence-corrected chi connectivity index (χ0v) is 41.1. The first-order chi connectivity index (χ1) is 33.4. The molecular formula is C45H51Cl2FN12O6S3. The lowest BCUT2D eigenvalue weighted by atomic mass is 10.0. The molecule has 2 aliphatic rings. The fourth-order valence-electron chi connectivity index (χ4n) is 7.51. The van der Waals surface area contributed by atoms with Gasteiger partial charge in [0, 0.05) is 86.1 Å². The first-order valence-corrected chi connectivity index (χ1v) is 26.5. The standard InChI is InChI=1S/C45H51Cl2FN12O6S3/c46-29-11-8-28(33(47)23-29)25-60-37-24-30(48)12-15-32(37)34(58-60)16-17-40(62)56-57-41(63)18-21-68-69-22-20-51-44(65)35(52-43(64)27-9-13-31(14-10-27)55-59-49)5-3-4-19-50-39(61)7-2-1-6-38-42-36(26-67-38)53-45(66)54-42/h8-17,23-24,35-36,38,42H,1-7,18-22,25-26H2,(H,50,61)(H,51,65)(H,52,64)(H,56,62)(H,57,63)(H2,53,54,66)/t35?,36-,38?,42-/m0/s1. The van der Waals surface area contributed by atoms with Crippen molar-refractivity contribution in [3.8, 4) is 0 Å². The van der Waals surface area contributed by atoms with E-state index in [4.69, 9.17) is 28.7 Å². The highest BCUT2D eigenvalue weighted by molar-refractivity contribution is 8.76. The molecule has 6 rings (SSSR count). The molecule has 7 N–H and O–H groups in total. The molecule has 2 unspecified atom stereocenters. The number of hydrogen-bond donors (Lipinski definition) is 7. The molecular weight excluding hydrogens is 991 g/mol. The van der Waals surface area contributed by atoms with Crippen molar-refractivity contribution in [3.05, 3.63) is 110 Å². The number of unbranched alkanes of at least 4 members (excludes halogenated alkanes) is 2. The number of fused-ring (bicyclic) bond motifs is 2. The largest absolute Gasteiger partial charge is 0.356 e. The number of amides is 7. The van der Waals surface area contributed by atoms with Crippen LogP contribution in [-0.2, 0) is 25.7 Å². The normalized spacial score (nSPS) is 16.5. The molecule has 0 bridgehead atoms. The van der Waals surface area contributed by atoms with Gasteiger partial charge in [-0.3, -0.25) is 39.5 Å². The predicted octanol–water partition coefficient (Wildman–Crippen LogP) is 7.33. The van der Waals surface area contributed by atoms with Crippen LogP contribution in [0, 0.1) is 5.82 Å². The molecule has 0 spiro atoms. The summed E-state index contributed by atoms with van der Waals surface area (Å²) in [5.74, 6) is -0.542. The van der Waals surface area contributed by atoms with Gasteiger partial charge in [0.2, 0.25) is 17.7 Å². The maximum absolute atomic E-state index is 14.2. The van der Waals surface area contributed by atoms with Crippen LogP contribution < -0.4 is 37.4 Å². The molecule has 366 valence electrons. The van der Waals surface area contributed by atoms with Gasteiger partial charge in [0.05, 0.1) is 29.8 Å².